The summed E-state index contributed by atoms with van der Waals surface area (Å²) in [5.74, 6) is -0.584. The van der Waals surface area contributed by atoms with Crippen LogP contribution in [0.25, 0.3) is 0 Å². The molecule has 0 saturated carbocycles. The monoisotopic (exact) mass is 213 g/mol. The summed E-state index contributed by atoms with van der Waals surface area (Å²) in [5.41, 5.74) is 0. The minimum atomic E-state index is -3.67. The van der Waals surface area contributed by atoms with Crippen molar-refractivity contribution in [1.29, 1.82) is 0 Å². The van der Waals surface area contributed by atoms with Crippen LogP contribution in [0.5, 0.6) is 0 Å². The Hall–Kier alpha value is 0.540. The fraction of sp³-hybridized carbons (Fsp3) is 1.00. The maximum atomic E-state index is 8.02. The molecule has 0 fully saturated rings. The highest BCUT2D eigenvalue weighted by Crippen LogP contribution is 2.03. The fourth-order valence-corrected chi connectivity index (χ4v) is 0.589. The maximum Gasteiger partial charge on any atom is 0.0461 e. The summed E-state index contributed by atoms with van der Waals surface area (Å²) in [7, 11) is 0. The third-order valence-corrected chi connectivity index (χ3v) is 1.02. The summed E-state index contributed by atoms with van der Waals surface area (Å²) >= 11 is 5.47. The zero-order chi connectivity index (χ0) is 20.0. The van der Waals surface area contributed by atoms with Gasteiger partial charge in [-0.3, -0.25) is 4.90 Å². The molecule has 0 aliphatic heterocycles. The predicted octanol–water partition coefficient (Wildman–Crippen LogP) is 2.77. The van der Waals surface area contributed by atoms with Gasteiger partial charge in [0.2, 0.25) is 0 Å². The minimum absolute atomic E-state index is 0. The van der Waals surface area contributed by atoms with Gasteiger partial charge < -0.3 is 0 Å². The van der Waals surface area contributed by atoms with E-state index in [4.69, 9.17) is 30.8 Å². The lowest BCUT2D eigenvalue weighted by atomic mass is 10.2. The lowest BCUT2D eigenvalue weighted by molar-refractivity contribution is 0.187. The van der Waals surface area contributed by atoms with Gasteiger partial charge in [-0.25, -0.2) is 0 Å². The van der Waals surface area contributed by atoms with Gasteiger partial charge in [-0.1, -0.05) is 0 Å². The topological polar surface area (TPSA) is 3.24 Å². The number of hydrogen-bond donors (Lipinski definition) is 0. The Morgan fingerprint density at radius 2 is 1.82 bits per heavy atom. The van der Waals surface area contributed by atoms with Gasteiger partial charge in [0.1, 0.15) is 0 Å². The fourth-order valence-electron chi connectivity index (χ4n) is 0.420. The van der Waals surface area contributed by atoms with Crippen LogP contribution in [0.4, 0.5) is 0 Å². The van der Waals surface area contributed by atoms with Crippen LogP contribution in [-0.2, 0) is 0 Å². The van der Waals surface area contributed by atoms with E-state index in [0.717, 1.165) is 0 Å². The van der Waals surface area contributed by atoms with Gasteiger partial charge in [-0.05, 0) is 27.4 Å². The van der Waals surface area contributed by atoms with E-state index in [9.17, 15) is 0 Å². The van der Waals surface area contributed by atoms with Crippen molar-refractivity contribution in [2.45, 2.75) is 39.4 Å². The summed E-state index contributed by atoms with van der Waals surface area (Å²) in [6, 6.07) is -7.33. The van der Waals surface area contributed by atoms with Gasteiger partial charge in [0.25, 0.3) is 0 Å². The molecule has 0 aromatic rings. The van der Waals surface area contributed by atoms with Crippen molar-refractivity contribution in [3.8, 4) is 0 Å². The van der Waals surface area contributed by atoms with Gasteiger partial charge in [0, 0.05) is 43.7 Å². The van der Waals surface area contributed by atoms with Gasteiger partial charge >= 0.3 is 0 Å². The Morgan fingerprint density at radius 1 is 1.36 bits per heavy atom. The first-order valence-electron chi connectivity index (χ1n) is 9.53. The van der Waals surface area contributed by atoms with Crippen molar-refractivity contribution in [3.63, 3.8) is 0 Å². The van der Waals surface area contributed by atoms with Crippen molar-refractivity contribution in [2.24, 2.45) is 0 Å². The van der Waals surface area contributed by atoms with Crippen LogP contribution in [0.3, 0.4) is 0 Å². The lowest BCUT2D eigenvalue weighted by Crippen LogP contribution is -2.38. The Bertz CT molecular complexity index is 368. The maximum absolute atomic E-state index is 8.02. The molecule has 70 valence electrons. The molecule has 3 heteroatoms. The summed E-state index contributed by atoms with van der Waals surface area (Å²) < 4.78 is 105. The van der Waals surface area contributed by atoms with Gasteiger partial charge in [-0.2, -0.15) is 0 Å². The van der Waals surface area contributed by atoms with Gasteiger partial charge in [-0.15, -0.1) is 24.0 Å². The number of nitrogens with zero attached hydrogens (tertiary/aromatic N) is 1. The van der Waals surface area contributed by atoms with E-state index in [1.54, 1.807) is 0 Å². The minimum Gasteiger partial charge on any atom is -0.297 e. The molecular formula is C8H19Cl2N. The van der Waals surface area contributed by atoms with E-state index < -0.39 is 51.9 Å². The Morgan fingerprint density at radius 3 is 2.09 bits per heavy atom. The van der Waals surface area contributed by atoms with Crippen molar-refractivity contribution in [2.75, 3.05) is 12.4 Å². The van der Waals surface area contributed by atoms with Crippen molar-refractivity contribution in [1.82, 2.24) is 4.90 Å². The summed E-state index contributed by atoms with van der Waals surface area (Å²) in [6.07, 6.45) is 0. The molecule has 0 radical (unpaired) electrons. The van der Waals surface area contributed by atoms with E-state index in [1.807, 2.05) is 0 Å². The molecule has 0 aromatic carbocycles. The predicted molar refractivity (Wildman–Crippen MR) is 54.9 cm³/mol. The van der Waals surface area contributed by atoms with Crippen molar-refractivity contribution >= 4 is 24.0 Å². The third kappa shape index (κ3) is 5.77. The zero-order valence-electron chi connectivity index (χ0n) is 19.6. The summed E-state index contributed by atoms with van der Waals surface area (Å²) in [4.78, 5) is -0.160. The van der Waals surface area contributed by atoms with Crippen LogP contribution in [0.15, 0.2) is 0 Å². The van der Waals surface area contributed by atoms with E-state index in [-0.39, 0.29) is 17.3 Å². The molecule has 0 spiro atoms. The van der Waals surface area contributed by atoms with E-state index in [2.05, 4.69) is 0 Å². The van der Waals surface area contributed by atoms with Crippen LogP contribution in [0, 0.1) is 0 Å². The number of rotatable bonds is 4. The molecule has 0 amide bonds. The molecule has 0 aromatic heterocycles. The first-order valence-corrected chi connectivity index (χ1v) is 3.07. The van der Waals surface area contributed by atoms with Crippen molar-refractivity contribution < 1.29 is 19.2 Å². The highest BCUT2D eigenvalue weighted by molar-refractivity contribution is 6.18. The van der Waals surface area contributed by atoms with Crippen molar-refractivity contribution in [3.05, 3.63) is 0 Å². The third-order valence-electron chi connectivity index (χ3n) is 0.848. The molecule has 0 rings (SSSR count). The molecule has 0 aliphatic carbocycles. The van der Waals surface area contributed by atoms with Gasteiger partial charge in [0.15, 0.2) is 0 Å². The molecule has 0 aliphatic rings. The number of hydrogen-bond acceptors (Lipinski definition) is 1. The largest absolute Gasteiger partial charge is 0.297 e. The normalized spacial score (nSPS) is 36.2. The standard InChI is InChI=1S/C8H18ClN.ClH/c1-7(2)10(6-5-9)8(3)4;/h7-8H,5-6H2,1-4H3;1H/i1D3,2D3,3D3,4D3,7D,8D;. The van der Waals surface area contributed by atoms with Crippen LogP contribution in [0.2, 0.25) is 0 Å². The average Bonchev–Trinajstić information content (AvgIpc) is 2.28. The molecule has 0 saturated heterocycles. The summed E-state index contributed by atoms with van der Waals surface area (Å²) in [5, 5.41) is 0. The average molecular weight is 214 g/mol. The number of halogens is 2. The first-order chi connectivity index (χ1) is 10.2. The Labute approximate surface area is 101 Å². The van der Waals surface area contributed by atoms with Crippen LogP contribution < -0.4 is 0 Å². The molecule has 11 heavy (non-hydrogen) atoms. The molecule has 1 nitrogen and oxygen atoms in total. The molecule has 0 bridgehead atoms. The Balaban J connectivity index is 0. The van der Waals surface area contributed by atoms with Crippen LogP contribution >= 0.6 is 24.0 Å². The molecule has 0 unspecified atom stereocenters. The molecule has 0 N–H and O–H groups in total. The zero-order valence-corrected chi connectivity index (χ0v) is 7.22. The lowest BCUT2D eigenvalue weighted by Gasteiger charge is -2.29. The number of alkyl halides is 1. The van der Waals surface area contributed by atoms with E-state index in [0.29, 0.717) is 0 Å². The smallest absolute Gasteiger partial charge is 0.0461 e. The highest BCUT2D eigenvalue weighted by Gasteiger charge is 2.10. The molecule has 0 atom stereocenters. The second-order valence-electron chi connectivity index (χ2n) is 1.54. The van der Waals surface area contributed by atoms with E-state index in [1.165, 1.54) is 0 Å². The molecule has 0 heterocycles. The second kappa shape index (κ2) is 7.20. The van der Waals surface area contributed by atoms with Gasteiger partial charge in [0.05, 0.1) is 0 Å². The van der Waals surface area contributed by atoms with Crippen LogP contribution in [-0.4, -0.2) is 29.4 Å². The summed E-state index contributed by atoms with van der Waals surface area (Å²) in [6.45, 7) is -15.5. The quantitative estimate of drug-likeness (QED) is 0.650. The second-order valence-corrected chi connectivity index (χ2v) is 1.92. The van der Waals surface area contributed by atoms with E-state index >= 15 is 0 Å². The first kappa shape index (κ1) is 2.31. The molecular weight excluding hydrogens is 181 g/mol. The SMILES string of the molecule is Cl.[2H]C([2H])([2H])C([2H])(N(CCCl)C([2H])(C([2H])([2H])[2H])C([2H])([2H])[2H])C([2H])([2H])[2H]. The highest BCUT2D eigenvalue weighted by atomic mass is 35.5. The van der Waals surface area contributed by atoms with Crippen LogP contribution in [0.1, 0.15) is 46.6 Å². The Kier molecular flexibility index (Phi) is 1.51.